The number of nitrogens with one attached hydrogen (secondary N) is 1. The quantitative estimate of drug-likeness (QED) is 0.826. The van der Waals surface area contributed by atoms with E-state index in [1.807, 2.05) is 6.07 Å². The molecule has 0 spiro atoms. The highest BCUT2D eigenvalue weighted by molar-refractivity contribution is 5.95. The van der Waals surface area contributed by atoms with Gasteiger partial charge < -0.3 is 9.88 Å². The highest BCUT2D eigenvalue weighted by Crippen LogP contribution is 2.38. The summed E-state index contributed by atoms with van der Waals surface area (Å²) >= 11 is 0. The summed E-state index contributed by atoms with van der Waals surface area (Å²) in [6, 6.07) is 11.2. The summed E-state index contributed by atoms with van der Waals surface area (Å²) in [5.74, 6) is 0.0442. The Morgan fingerprint density at radius 1 is 1.07 bits per heavy atom. The van der Waals surface area contributed by atoms with E-state index in [4.69, 9.17) is 0 Å². The molecule has 0 radical (unpaired) electrons. The van der Waals surface area contributed by atoms with Gasteiger partial charge in [-0.15, -0.1) is 0 Å². The zero-order valence-electron chi connectivity index (χ0n) is 16.6. The number of carbonyl (C=O) groups excluding carboxylic acids is 1. The first-order valence-corrected chi connectivity index (χ1v) is 10.4. The Morgan fingerprint density at radius 2 is 1.78 bits per heavy atom. The van der Waals surface area contributed by atoms with Crippen LogP contribution in [0.2, 0.25) is 0 Å². The van der Waals surface area contributed by atoms with Gasteiger partial charge >= 0.3 is 0 Å². The van der Waals surface area contributed by atoms with Crippen LogP contribution in [0.15, 0.2) is 30.3 Å². The fraction of sp³-hybridized carbons (Fsp3) is 0.522. The number of hydrogen-bond donors (Lipinski definition) is 1. The molecule has 27 heavy (non-hydrogen) atoms. The predicted octanol–water partition coefficient (Wildman–Crippen LogP) is 4.36. The van der Waals surface area contributed by atoms with Crippen LogP contribution in [0.1, 0.15) is 71.0 Å². The number of hydrogen-bond acceptors (Lipinski definition) is 2. The number of aryl methyl sites for hydroxylation is 1. The summed E-state index contributed by atoms with van der Waals surface area (Å²) in [7, 11) is 0. The molecule has 4 nitrogen and oxygen atoms in total. The van der Waals surface area contributed by atoms with Gasteiger partial charge in [-0.05, 0) is 69.8 Å². The van der Waals surface area contributed by atoms with E-state index in [9.17, 15) is 4.79 Å². The molecule has 1 aliphatic heterocycles. The van der Waals surface area contributed by atoms with Crippen LogP contribution in [0.4, 0.5) is 0 Å². The molecule has 4 rings (SSSR count). The summed E-state index contributed by atoms with van der Waals surface area (Å²) in [6.07, 6.45) is 6.43. The summed E-state index contributed by atoms with van der Waals surface area (Å²) in [5.41, 5.74) is 5.70. The molecular weight excluding hydrogens is 334 g/mol. The van der Waals surface area contributed by atoms with E-state index in [2.05, 4.69) is 52.9 Å². The second kappa shape index (κ2) is 7.89. The molecule has 2 heterocycles. The van der Waals surface area contributed by atoms with Gasteiger partial charge in [0.05, 0.1) is 5.56 Å². The van der Waals surface area contributed by atoms with Gasteiger partial charge in [0.1, 0.15) is 0 Å². The Balaban J connectivity index is 1.43. The molecule has 0 bridgehead atoms. The Labute approximate surface area is 162 Å². The molecule has 1 aromatic carbocycles. The van der Waals surface area contributed by atoms with Crippen LogP contribution in [0.3, 0.4) is 0 Å². The third-order valence-corrected chi connectivity index (χ3v) is 6.04. The van der Waals surface area contributed by atoms with E-state index in [-0.39, 0.29) is 5.91 Å². The van der Waals surface area contributed by atoms with Gasteiger partial charge in [0.2, 0.25) is 0 Å². The van der Waals surface area contributed by atoms with Crippen molar-refractivity contribution in [3.63, 3.8) is 0 Å². The number of amides is 1. The van der Waals surface area contributed by atoms with Crippen molar-refractivity contribution in [1.29, 1.82) is 0 Å². The molecule has 2 aliphatic rings. The zero-order valence-corrected chi connectivity index (χ0v) is 16.6. The van der Waals surface area contributed by atoms with Crippen molar-refractivity contribution >= 4 is 5.91 Å². The summed E-state index contributed by atoms with van der Waals surface area (Å²) < 4.78 is 2.33. The van der Waals surface area contributed by atoms with Crippen molar-refractivity contribution < 1.29 is 4.79 Å². The number of benzene rings is 1. The predicted molar refractivity (Wildman–Crippen MR) is 109 cm³/mol. The summed E-state index contributed by atoms with van der Waals surface area (Å²) in [4.78, 5) is 15.3. The largest absolute Gasteiger partial charge is 0.348 e. The maximum absolute atomic E-state index is 12.8. The number of piperidine rings is 1. The van der Waals surface area contributed by atoms with Gasteiger partial charge in [0.25, 0.3) is 5.91 Å². The van der Waals surface area contributed by atoms with Crippen molar-refractivity contribution in [2.75, 3.05) is 13.1 Å². The number of nitrogens with zero attached hydrogens (tertiary/aromatic N) is 2. The van der Waals surface area contributed by atoms with E-state index in [1.165, 1.54) is 62.0 Å². The van der Waals surface area contributed by atoms with Crippen molar-refractivity contribution in [1.82, 2.24) is 14.8 Å². The topological polar surface area (TPSA) is 37.3 Å². The van der Waals surface area contributed by atoms with Crippen molar-refractivity contribution in [3.8, 4) is 0 Å². The molecule has 1 aliphatic carbocycles. The second-order valence-corrected chi connectivity index (χ2v) is 8.17. The Hall–Kier alpha value is -2.07. The second-order valence-electron chi connectivity index (χ2n) is 8.17. The summed E-state index contributed by atoms with van der Waals surface area (Å²) in [6.45, 7) is 8.14. The molecule has 0 atom stereocenters. The highest BCUT2D eigenvalue weighted by Gasteiger charge is 2.28. The number of aromatic nitrogens is 1. The lowest BCUT2D eigenvalue weighted by molar-refractivity contribution is 0.0950. The first-order valence-electron chi connectivity index (χ1n) is 10.4. The van der Waals surface area contributed by atoms with Gasteiger partial charge in [-0.3, -0.25) is 9.69 Å². The number of likely N-dealkylation sites (tertiary alicyclic amines) is 1. The Bertz CT molecular complexity index is 813. The van der Waals surface area contributed by atoms with Gasteiger partial charge in [-0.1, -0.05) is 30.7 Å². The molecule has 1 N–H and O–H groups in total. The molecule has 0 unspecified atom stereocenters. The van der Waals surface area contributed by atoms with E-state index in [0.717, 1.165) is 17.8 Å². The molecule has 1 saturated heterocycles. The highest BCUT2D eigenvalue weighted by atomic mass is 16.1. The van der Waals surface area contributed by atoms with Crippen LogP contribution >= 0.6 is 0 Å². The van der Waals surface area contributed by atoms with E-state index in [1.54, 1.807) is 0 Å². The van der Waals surface area contributed by atoms with Crippen LogP contribution in [0.25, 0.3) is 0 Å². The Kier molecular flexibility index (Phi) is 5.35. The molecular formula is C23H31N3O. The van der Waals surface area contributed by atoms with Crippen LogP contribution < -0.4 is 5.32 Å². The molecule has 4 heteroatoms. The van der Waals surface area contributed by atoms with Gasteiger partial charge in [-0.25, -0.2) is 0 Å². The zero-order chi connectivity index (χ0) is 18.8. The molecule has 1 saturated carbocycles. The van der Waals surface area contributed by atoms with Gasteiger partial charge in [0, 0.05) is 30.5 Å². The SMILES string of the molecule is Cc1cc(C(=O)NCc2ccccc2CN2CCCCC2)c(C)n1C1CC1. The average molecular weight is 366 g/mol. The van der Waals surface area contributed by atoms with Crippen molar-refractivity contribution in [2.24, 2.45) is 0 Å². The van der Waals surface area contributed by atoms with Gasteiger partial charge in [0.15, 0.2) is 0 Å². The molecule has 144 valence electrons. The maximum atomic E-state index is 12.8. The van der Waals surface area contributed by atoms with Crippen molar-refractivity contribution in [3.05, 3.63) is 58.4 Å². The van der Waals surface area contributed by atoms with E-state index < -0.39 is 0 Å². The Morgan fingerprint density at radius 3 is 2.48 bits per heavy atom. The molecule has 1 amide bonds. The monoisotopic (exact) mass is 365 g/mol. The molecule has 1 aromatic heterocycles. The number of rotatable bonds is 6. The first kappa shape index (κ1) is 18.3. The lowest BCUT2D eigenvalue weighted by Crippen LogP contribution is -2.30. The average Bonchev–Trinajstić information content (AvgIpc) is 3.46. The third-order valence-electron chi connectivity index (χ3n) is 6.04. The number of carbonyl (C=O) groups is 1. The van der Waals surface area contributed by atoms with Gasteiger partial charge in [-0.2, -0.15) is 0 Å². The van der Waals surface area contributed by atoms with Crippen LogP contribution in [0, 0.1) is 13.8 Å². The minimum Gasteiger partial charge on any atom is -0.348 e. The smallest absolute Gasteiger partial charge is 0.253 e. The fourth-order valence-corrected chi connectivity index (χ4v) is 4.41. The van der Waals surface area contributed by atoms with Crippen LogP contribution in [-0.2, 0) is 13.1 Å². The lowest BCUT2D eigenvalue weighted by atomic mass is 10.0. The van der Waals surface area contributed by atoms with Crippen LogP contribution in [0.5, 0.6) is 0 Å². The molecule has 2 fully saturated rings. The fourth-order valence-electron chi connectivity index (χ4n) is 4.41. The minimum atomic E-state index is 0.0442. The lowest BCUT2D eigenvalue weighted by Gasteiger charge is -2.27. The van der Waals surface area contributed by atoms with E-state index in [0.29, 0.717) is 12.6 Å². The van der Waals surface area contributed by atoms with E-state index >= 15 is 0 Å². The summed E-state index contributed by atoms with van der Waals surface area (Å²) in [5, 5.41) is 3.16. The standard InChI is InChI=1S/C23H31N3O/c1-17-14-22(18(2)26(17)21-10-11-21)23(27)24-15-19-8-4-5-9-20(19)16-25-12-6-3-7-13-25/h4-5,8-9,14,21H,3,6-7,10-13,15-16H2,1-2H3,(H,24,27). The maximum Gasteiger partial charge on any atom is 0.253 e. The molecule has 2 aromatic rings. The van der Waals surface area contributed by atoms with Crippen molar-refractivity contribution in [2.45, 2.75) is 65.1 Å². The van der Waals surface area contributed by atoms with Crippen LogP contribution in [-0.4, -0.2) is 28.5 Å². The third kappa shape index (κ3) is 4.11. The normalized spacial score (nSPS) is 17.9. The minimum absolute atomic E-state index is 0.0442. The first-order chi connectivity index (χ1) is 13.1.